The summed E-state index contributed by atoms with van der Waals surface area (Å²) in [7, 11) is 0. The summed E-state index contributed by atoms with van der Waals surface area (Å²) in [6.45, 7) is 1.66. The zero-order chi connectivity index (χ0) is 10.7. The summed E-state index contributed by atoms with van der Waals surface area (Å²) >= 11 is 5.77. The van der Waals surface area contributed by atoms with Crippen molar-refractivity contribution in [1.29, 1.82) is 0 Å². The van der Waals surface area contributed by atoms with E-state index in [0.29, 0.717) is 10.9 Å². The fourth-order valence-electron chi connectivity index (χ4n) is 1.54. The van der Waals surface area contributed by atoms with Crippen LogP contribution in [0.2, 0.25) is 5.02 Å². The summed E-state index contributed by atoms with van der Waals surface area (Å²) < 4.78 is 0. The van der Waals surface area contributed by atoms with E-state index in [9.17, 15) is 5.11 Å². The summed E-state index contributed by atoms with van der Waals surface area (Å²) in [5.74, 6) is 0.656. The molecule has 3 nitrogen and oxygen atoms in total. The highest BCUT2D eigenvalue weighted by Gasteiger charge is 2.16. The number of hydrogen-bond acceptors (Lipinski definition) is 3. The van der Waals surface area contributed by atoms with Crippen LogP contribution in [0.3, 0.4) is 0 Å². The highest BCUT2D eigenvalue weighted by molar-refractivity contribution is 6.30. The quantitative estimate of drug-likeness (QED) is 0.804. The molecule has 4 heteroatoms. The van der Waals surface area contributed by atoms with E-state index in [2.05, 4.69) is 10.3 Å². The Balaban J connectivity index is 2.16. The Labute approximate surface area is 93.8 Å². The minimum absolute atomic E-state index is 0.656. The number of aliphatic imine (C=N–C) groups is 1. The lowest BCUT2D eigenvalue weighted by atomic mass is 10.1. The average Bonchev–Trinajstić information content (AvgIpc) is 2.30. The molecular weight excluding hydrogens is 212 g/mol. The highest BCUT2D eigenvalue weighted by Crippen LogP contribution is 2.17. The van der Waals surface area contributed by atoms with E-state index in [1.807, 2.05) is 12.1 Å². The van der Waals surface area contributed by atoms with Gasteiger partial charge in [0.1, 0.15) is 11.9 Å². The van der Waals surface area contributed by atoms with Crippen LogP contribution in [0, 0.1) is 0 Å². The van der Waals surface area contributed by atoms with Gasteiger partial charge in [-0.2, -0.15) is 0 Å². The Morgan fingerprint density at radius 2 is 2.07 bits per heavy atom. The molecule has 0 saturated heterocycles. The van der Waals surface area contributed by atoms with Crippen LogP contribution < -0.4 is 5.32 Å². The summed E-state index contributed by atoms with van der Waals surface area (Å²) in [6.07, 6.45) is 0.360. The van der Waals surface area contributed by atoms with Gasteiger partial charge in [0, 0.05) is 18.1 Å². The number of benzene rings is 1. The van der Waals surface area contributed by atoms with Crippen LogP contribution in [0.15, 0.2) is 29.3 Å². The molecule has 0 amide bonds. The van der Waals surface area contributed by atoms with Crippen LogP contribution in [0.5, 0.6) is 0 Å². The van der Waals surface area contributed by atoms with Crippen LogP contribution in [-0.2, 0) is 0 Å². The number of nitrogens with one attached hydrogen (secondary N) is 1. The van der Waals surface area contributed by atoms with E-state index in [0.717, 1.165) is 25.1 Å². The first-order chi connectivity index (χ1) is 7.27. The van der Waals surface area contributed by atoms with Crippen molar-refractivity contribution in [2.24, 2.45) is 4.99 Å². The first-order valence-electron chi connectivity index (χ1n) is 4.99. The average molecular weight is 225 g/mol. The molecular formula is C11H13ClN2O. The zero-order valence-corrected chi connectivity index (χ0v) is 9.04. The Kier molecular flexibility index (Phi) is 3.23. The van der Waals surface area contributed by atoms with Gasteiger partial charge in [-0.25, -0.2) is 0 Å². The molecule has 0 radical (unpaired) electrons. The fraction of sp³-hybridized carbons (Fsp3) is 0.364. The van der Waals surface area contributed by atoms with E-state index in [4.69, 9.17) is 11.6 Å². The summed E-state index contributed by atoms with van der Waals surface area (Å²) in [6, 6.07) is 7.16. The third kappa shape index (κ3) is 2.49. The third-order valence-corrected chi connectivity index (χ3v) is 2.62. The Bertz CT molecular complexity index is 361. The smallest absolute Gasteiger partial charge is 0.136 e. The molecule has 1 heterocycles. The maximum Gasteiger partial charge on any atom is 0.136 e. The van der Waals surface area contributed by atoms with Gasteiger partial charge in [0.15, 0.2) is 0 Å². The van der Waals surface area contributed by atoms with Crippen molar-refractivity contribution in [3.63, 3.8) is 0 Å². The summed E-state index contributed by atoms with van der Waals surface area (Å²) in [4.78, 5) is 4.25. The molecule has 15 heavy (non-hydrogen) atoms. The van der Waals surface area contributed by atoms with Crippen molar-refractivity contribution in [3.8, 4) is 0 Å². The van der Waals surface area contributed by atoms with Gasteiger partial charge in [0.2, 0.25) is 0 Å². The number of hydrogen-bond donors (Lipinski definition) is 2. The van der Waals surface area contributed by atoms with Gasteiger partial charge >= 0.3 is 0 Å². The lowest BCUT2D eigenvalue weighted by Crippen LogP contribution is -2.34. The van der Waals surface area contributed by atoms with Crippen molar-refractivity contribution in [2.75, 3.05) is 13.1 Å². The number of aliphatic hydroxyl groups is 1. The first-order valence-corrected chi connectivity index (χ1v) is 5.37. The molecule has 0 aromatic heterocycles. The van der Waals surface area contributed by atoms with E-state index in [-0.39, 0.29) is 0 Å². The monoisotopic (exact) mass is 224 g/mol. The maximum absolute atomic E-state index is 10.00. The van der Waals surface area contributed by atoms with E-state index < -0.39 is 6.10 Å². The normalized spacial score (nSPS) is 17.9. The van der Waals surface area contributed by atoms with Gasteiger partial charge < -0.3 is 10.4 Å². The van der Waals surface area contributed by atoms with Gasteiger partial charge in [0.25, 0.3) is 0 Å². The molecule has 1 aromatic rings. The predicted octanol–water partition coefficient (Wildman–Crippen LogP) is 1.77. The van der Waals surface area contributed by atoms with Gasteiger partial charge in [-0.1, -0.05) is 23.7 Å². The number of halogens is 1. The fourth-order valence-corrected chi connectivity index (χ4v) is 1.66. The first kappa shape index (κ1) is 10.5. The van der Waals surface area contributed by atoms with E-state index >= 15 is 0 Å². The van der Waals surface area contributed by atoms with Gasteiger partial charge in [-0.15, -0.1) is 0 Å². The molecule has 0 fully saturated rings. The van der Waals surface area contributed by atoms with E-state index in [1.165, 1.54) is 0 Å². The van der Waals surface area contributed by atoms with Crippen LogP contribution in [0.4, 0.5) is 0 Å². The Hall–Kier alpha value is -1.06. The van der Waals surface area contributed by atoms with Crippen LogP contribution in [-0.4, -0.2) is 24.0 Å². The van der Waals surface area contributed by atoms with Crippen molar-refractivity contribution < 1.29 is 5.11 Å². The second-order valence-electron chi connectivity index (χ2n) is 3.50. The Morgan fingerprint density at radius 1 is 1.33 bits per heavy atom. The summed E-state index contributed by atoms with van der Waals surface area (Å²) in [5.41, 5.74) is 0.813. The number of nitrogens with zero attached hydrogens (tertiary/aromatic N) is 1. The third-order valence-electron chi connectivity index (χ3n) is 2.37. The van der Waals surface area contributed by atoms with Crippen LogP contribution in [0.1, 0.15) is 18.1 Å². The van der Waals surface area contributed by atoms with Crippen molar-refractivity contribution in [2.45, 2.75) is 12.5 Å². The number of aliphatic hydroxyl groups excluding tert-OH is 1. The minimum atomic E-state index is -0.664. The molecule has 2 N–H and O–H groups in total. The second kappa shape index (κ2) is 4.64. The molecule has 0 saturated carbocycles. The van der Waals surface area contributed by atoms with E-state index in [1.54, 1.807) is 12.1 Å². The molecule has 80 valence electrons. The van der Waals surface area contributed by atoms with Crippen LogP contribution >= 0.6 is 11.6 Å². The predicted molar refractivity (Wildman–Crippen MR) is 61.3 cm³/mol. The summed E-state index contributed by atoms with van der Waals surface area (Å²) in [5, 5.41) is 13.8. The topological polar surface area (TPSA) is 44.6 Å². The molecule has 0 spiro atoms. The number of rotatable bonds is 2. The minimum Gasteiger partial charge on any atom is -0.380 e. The highest BCUT2D eigenvalue weighted by atomic mass is 35.5. The SMILES string of the molecule is OC(C1=NCCCN1)c1ccc(Cl)cc1. The molecule has 1 aliphatic rings. The van der Waals surface area contributed by atoms with Gasteiger partial charge in [0.05, 0.1) is 0 Å². The van der Waals surface area contributed by atoms with Crippen molar-refractivity contribution in [1.82, 2.24) is 5.32 Å². The van der Waals surface area contributed by atoms with Gasteiger partial charge in [-0.05, 0) is 24.1 Å². The second-order valence-corrected chi connectivity index (χ2v) is 3.94. The molecule has 1 aliphatic heterocycles. The molecule has 1 aromatic carbocycles. The molecule has 2 rings (SSSR count). The maximum atomic E-state index is 10.00. The van der Waals surface area contributed by atoms with Gasteiger partial charge in [-0.3, -0.25) is 4.99 Å². The van der Waals surface area contributed by atoms with Crippen LogP contribution in [0.25, 0.3) is 0 Å². The largest absolute Gasteiger partial charge is 0.380 e. The number of amidine groups is 1. The lowest BCUT2D eigenvalue weighted by molar-refractivity contribution is 0.241. The zero-order valence-electron chi connectivity index (χ0n) is 8.28. The molecule has 1 atom stereocenters. The lowest BCUT2D eigenvalue weighted by Gasteiger charge is -2.19. The molecule has 1 unspecified atom stereocenters. The molecule has 0 bridgehead atoms. The molecule has 0 aliphatic carbocycles. The standard InChI is InChI=1S/C11H13ClN2O/c12-9-4-2-8(3-5-9)10(15)11-13-6-1-7-14-11/h2-5,10,15H,1,6-7H2,(H,13,14). The Morgan fingerprint density at radius 3 is 2.67 bits per heavy atom. The van der Waals surface area contributed by atoms with Crippen molar-refractivity contribution in [3.05, 3.63) is 34.9 Å². The van der Waals surface area contributed by atoms with Crippen molar-refractivity contribution >= 4 is 17.4 Å².